The molecule has 0 radical (unpaired) electrons. The van der Waals surface area contributed by atoms with Crippen LogP contribution in [0.3, 0.4) is 0 Å². The molecule has 27 heavy (non-hydrogen) atoms. The maximum atomic E-state index is 13.7. The number of aromatic nitrogens is 2. The molecule has 1 aliphatic heterocycles. The van der Waals surface area contributed by atoms with E-state index < -0.39 is 0 Å². The zero-order chi connectivity index (χ0) is 18.6. The zero-order valence-electron chi connectivity index (χ0n) is 14.7. The molecule has 1 aliphatic rings. The fourth-order valence-electron chi connectivity index (χ4n) is 3.09. The van der Waals surface area contributed by atoms with Crippen molar-refractivity contribution in [1.29, 1.82) is 0 Å². The molecule has 3 aromatic rings. The van der Waals surface area contributed by atoms with Gasteiger partial charge in [-0.2, -0.15) is 4.98 Å². The first-order chi connectivity index (χ1) is 13.2. The smallest absolute Gasteiger partial charge is 0.264 e. The van der Waals surface area contributed by atoms with Crippen molar-refractivity contribution in [3.63, 3.8) is 0 Å². The van der Waals surface area contributed by atoms with E-state index in [1.807, 2.05) is 22.4 Å². The van der Waals surface area contributed by atoms with Crippen LogP contribution in [0.5, 0.6) is 0 Å². The Hall–Kier alpha value is -2.58. The molecule has 1 amide bonds. The minimum absolute atomic E-state index is 0.0922. The molecule has 6 nitrogen and oxygen atoms in total. The van der Waals surface area contributed by atoms with Gasteiger partial charge in [-0.15, -0.1) is 11.3 Å². The van der Waals surface area contributed by atoms with Crippen LogP contribution in [-0.2, 0) is 13.0 Å². The van der Waals surface area contributed by atoms with Gasteiger partial charge in [0.15, 0.2) is 5.82 Å². The normalized spacial score (nSPS) is 15.2. The number of halogens is 1. The number of nitrogens with zero attached hydrogens (tertiary/aromatic N) is 4. The summed E-state index contributed by atoms with van der Waals surface area (Å²) in [4.78, 5) is 21.6. The lowest BCUT2D eigenvalue weighted by atomic mass is 10.1. The van der Waals surface area contributed by atoms with E-state index in [0.717, 1.165) is 18.0 Å². The van der Waals surface area contributed by atoms with Gasteiger partial charge in [-0.1, -0.05) is 29.4 Å². The SMILES string of the molecule is O=C(c1cccs1)N1CCN(Cc2nc(Cc3ccccc3F)no2)CC1. The number of piperazine rings is 1. The van der Waals surface area contributed by atoms with E-state index in [1.54, 1.807) is 18.2 Å². The molecular weight excluding hydrogens is 367 g/mol. The van der Waals surface area contributed by atoms with Crippen LogP contribution < -0.4 is 0 Å². The maximum absolute atomic E-state index is 13.7. The Bertz CT molecular complexity index is 904. The maximum Gasteiger partial charge on any atom is 0.264 e. The lowest BCUT2D eigenvalue weighted by Crippen LogP contribution is -2.48. The van der Waals surface area contributed by atoms with Gasteiger partial charge in [0.1, 0.15) is 5.82 Å². The number of hydrogen-bond acceptors (Lipinski definition) is 6. The van der Waals surface area contributed by atoms with Gasteiger partial charge in [0.2, 0.25) is 5.89 Å². The van der Waals surface area contributed by atoms with E-state index >= 15 is 0 Å². The minimum atomic E-state index is -0.268. The lowest BCUT2D eigenvalue weighted by Gasteiger charge is -2.33. The predicted molar refractivity (Wildman–Crippen MR) is 99.0 cm³/mol. The molecular formula is C19H19FN4O2S. The third-order valence-corrected chi connectivity index (χ3v) is 5.42. The Morgan fingerprint density at radius 2 is 1.96 bits per heavy atom. The molecule has 1 aromatic carbocycles. The second-order valence-electron chi connectivity index (χ2n) is 6.42. The Balaban J connectivity index is 1.30. The van der Waals surface area contributed by atoms with Crippen LogP contribution in [0.15, 0.2) is 46.3 Å². The topological polar surface area (TPSA) is 62.5 Å². The van der Waals surface area contributed by atoms with E-state index in [4.69, 9.17) is 4.52 Å². The lowest BCUT2D eigenvalue weighted by molar-refractivity contribution is 0.0620. The van der Waals surface area contributed by atoms with Gasteiger partial charge in [-0.05, 0) is 23.1 Å². The third kappa shape index (κ3) is 4.23. The quantitative estimate of drug-likeness (QED) is 0.675. The summed E-state index contributed by atoms with van der Waals surface area (Å²) in [6.45, 7) is 3.38. The van der Waals surface area contributed by atoms with Crippen LogP contribution >= 0.6 is 11.3 Å². The number of hydrogen-bond donors (Lipinski definition) is 0. The highest BCUT2D eigenvalue weighted by molar-refractivity contribution is 7.12. The number of carbonyl (C=O) groups excluding carboxylic acids is 1. The molecule has 0 aliphatic carbocycles. The number of carbonyl (C=O) groups is 1. The van der Waals surface area contributed by atoms with Gasteiger partial charge >= 0.3 is 0 Å². The van der Waals surface area contributed by atoms with Crippen molar-refractivity contribution in [2.45, 2.75) is 13.0 Å². The largest absolute Gasteiger partial charge is 0.338 e. The molecule has 2 aromatic heterocycles. The molecule has 0 unspecified atom stereocenters. The highest BCUT2D eigenvalue weighted by Gasteiger charge is 2.23. The van der Waals surface area contributed by atoms with Crippen molar-refractivity contribution in [2.75, 3.05) is 26.2 Å². The summed E-state index contributed by atoms with van der Waals surface area (Å²) in [6.07, 6.45) is 0.305. The van der Waals surface area contributed by atoms with Gasteiger partial charge in [0, 0.05) is 32.6 Å². The van der Waals surface area contributed by atoms with Gasteiger partial charge in [0.05, 0.1) is 11.4 Å². The van der Waals surface area contributed by atoms with Gasteiger partial charge in [-0.25, -0.2) is 4.39 Å². The predicted octanol–water partition coefficient (Wildman–Crippen LogP) is 2.82. The van der Waals surface area contributed by atoms with Crippen molar-refractivity contribution in [3.8, 4) is 0 Å². The van der Waals surface area contributed by atoms with E-state index in [2.05, 4.69) is 15.0 Å². The molecule has 8 heteroatoms. The first-order valence-corrected chi connectivity index (χ1v) is 9.67. The number of benzene rings is 1. The number of rotatable bonds is 5. The monoisotopic (exact) mass is 386 g/mol. The summed E-state index contributed by atoms with van der Waals surface area (Å²) in [6, 6.07) is 10.3. The van der Waals surface area contributed by atoms with Crippen molar-refractivity contribution >= 4 is 17.2 Å². The number of amides is 1. The van der Waals surface area contributed by atoms with Gasteiger partial charge in [-0.3, -0.25) is 9.69 Å². The highest BCUT2D eigenvalue weighted by Crippen LogP contribution is 2.15. The molecule has 140 valence electrons. The van der Waals surface area contributed by atoms with Crippen LogP contribution in [0.4, 0.5) is 4.39 Å². The summed E-state index contributed by atoms with van der Waals surface area (Å²) in [5.74, 6) is 0.811. The van der Waals surface area contributed by atoms with Crippen LogP contribution in [0.25, 0.3) is 0 Å². The Morgan fingerprint density at radius 1 is 1.15 bits per heavy atom. The molecule has 0 bridgehead atoms. The van der Waals surface area contributed by atoms with Gasteiger partial charge in [0.25, 0.3) is 5.91 Å². The van der Waals surface area contributed by atoms with Crippen molar-refractivity contribution in [3.05, 3.63) is 69.8 Å². The Morgan fingerprint density at radius 3 is 2.70 bits per heavy atom. The van der Waals surface area contributed by atoms with Crippen LogP contribution in [0.1, 0.15) is 27.0 Å². The average molecular weight is 386 g/mol. The van der Waals surface area contributed by atoms with Crippen LogP contribution in [0.2, 0.25) is 0 Å². The first-order valence-electron chi connectivity index (χ1n) is 8.79. The third-order valence-electron chi connectivity index (χ3n) is 4.57. The molecule has 0 saturated carbocycles. The number of thiophene rings is 1. The molecule has 1 saturated heterocycles. The fraction of sp³-hybridized carbons (Fsp3) is 0.316. The Labute approximate surface area is 160 Å². The summed E-state index contributed by atoms with van der Waals surface area (Å²) in [5.41, 5.74) is 0.547. The highest BCUT2D eigenvalue weighted by atomic mass is 32.1. The minimum Gasteiger partial charge on any atom is -0.338 e. The van der Waals surface area contributed by atoms with Crippen molar-refractivity contribution in [2.24, 2.45) is 0 Å². The molecule has 0 spiro atoms. The summed E-state index contributed by atoms with van der Waals surface area (Å²) >= 11 is 1.47. The van der Waals surface area contributed by atoms with Crippen LogP contribution in [-0.4, -0.2) is 52.0 Å². The molecule has 0 N–H and O–H groups in total. The fourth-order valence-corrected chi connectivity index (χ4v) is 3.79. The average Bonchev–Trinajstić information content (AvgIpc) is 3.36. The van der Waals surface area contributed by atoms with Gasteiger partial charge < -0.3 is 9.42 Å². The molecule has 4 rings (SSSR count). The molecule has 3 heterocycles. The first kappa shape index (κ1) is 17.8. The van der Waals surface area contributed by atoms with E-state index in [-0.39, 0.29) is 11.7 Å². The summed E-state index contributed by atoms with van der Waals surface area (Å²) in [5, 5.41) is 5.87. The van der Waals surface area contributed by atoms with Crippen molar-refractivity contribution < 1.29 is 13.7 Å². The standard InChI is InChI=1S/C19H19FN4O2S/c20-15-5-2-1-4-14(15)12-17-21-18(26-22-17)13-23-7-9-24(10-8-23)19(25)16-6-3-11-27-16/h1-6,11H,7-10,12-13H2. The Kier molecular flexibility index (Phi) is 5.26. The molecule has 1 fully saturated rings. The second kappa shape index (κ2) is 7.98. The van der Waals surface area contributed by atoms with E-state index in [0.29, 0.717) is 43.3 Å². The van der Waals surface area contributed by atoms with Crippen LogP contribution in [0, 0.1) is 5.82 Å². The second-order valence-corrected chi connectivity index (χ2v) is 7.37. The van der Waals surface area contributed by atoms with Crippen molar-refractivity contribution in [1.82, 2.24) is 19.9 Å². The summed E-state index contributed by atoms with van der Waals surface area (Å²) in [7, 11) is 0. The van der Waals surface area contributed by atoms with E-state index in [9.17, 15) is 9.18 Å². The molecule has 0 atom stereocenters. The summed E-state index contributed by atoms with van der Waals surface area (Å²) < 4.78 is 19.0. The van der Waals surface area contributed by atoms with E-state index in [1.165, 1.54) is 17.4 Å². The zero-order valence-corrected chi connectivity index (χ0v) is 15.5.